The molecule has 7 nitrogen and oxygen atoms in total. The van der Waals surface area contributed by atoms with Crippen LogP contribution in [0.4, 0.5) is 0 Å². The molecule has 0 saturated heterocycles. The third kappa shape index (κ3) is 4.44. The molecule has 1 atom stereocenters. The highest BCUT2D eigenvalue weighted by molar-refractivity contribution is 7.97. The number of thioether (sulfide) groups is 1. The molecule has 1 amide bonds. The SMILES string of the molecule is COc1ccc([C@H](NC(=O)Cn2c(CSC)nc3ccccc32)c2nccn2C)cc1. The van der Waals surface area contributed by atoms with Crippen LogP contribution in [0.25, 0.3) is 11.0 Å². The van der Waals surface area contributed by atoms with Gasteiger partial charge in [0.25, 0.3) is 0 Å². The van der Waals surface area contributed by atoms with Crippen molar-refractivity contribution in [1.82, 2.24) is 24.4 Å². The molecule has 160 valence electrons. The molecule has 0 bridgehead atoms. The maximum absolute atomic E-state index is 13.2. The first-order valence-corrected chi connectivity index (χ1v) is 11.3. The minimum Gasteiger partial charge on any atom is -0.497 e. The number of nitrogens with one attached hydrogen (secondary N) is 1. The van der Waals surface area contributed by atoms with Gasteiger partial charge in [-0.05, 0) is 36.1 Å². The molecule has 0 spiro atoms. The summed E-state index contributed by atoms with van der Waals surface area (Å²) in [7, 11) is 3.56. The number of hydrogen-bond acceptors (Lipinski definition) is 5. The Morgan fingerprint density at radius 2 is 1.97 bits per heavy atom. The quantitative estimate of drug-likeness (QED) is 0.458. The second-order valence-electron chi connectivity index (χ2n) is 7.21. The molecule has 2 aromatic carbocycles. The van der Waals surface area contributed by atoms with E-state index in [-0.39, 0.29) is 18.5 Å². The van der Waals surface area contributed by atoms with Crippen LogP contribution < -0.4 is 10.1 Å². The normalized spacial score (nSPS) is 12.1. The molecule has 0 aliphatic carbocycles. The number of aromatic nitrogens is 4. The third-order valence-electron chi connectivity index (χ3n) is 5.18. The fourth-order valence-electron chi connectivity index (χ4n) is 3.64. The summed E-state index contributed by atoms with van der Waals surface area (Å²) in [6.45, 7) is 0.188. The first-order chi connectivity index (χ1) is 15.1. The Kier molecular flexibility index (Phi) is 6.27. The van der Waals surface area contributed by atoms with Crippen LogP contribution in [0.5, 0.6) is 5.75 Å². The summed E-state index contributed by atoms with van der Waals surface area (Å²) in [5, 5.41) is 3.17. The average Bonchev–Trinajstić information content (AvgIpc) is 3.36. The summed E-state index contributed by atoms with van der Waals surface area (Å²) < 4.78 is 9.18. The summed E-state index contributed by atoms with van der Waals surface area (Å²) in [6.07, 6.45) is 5.64. The zero-order valence-electron chi connectivity index (χ0n) is 17.8. The molecule has 0 unspecified atom stereocenters. The van der Waals surface area contributed by atoms with Gasteiger partial charge in [-0.2, -0.15) is 11.8 Å². The molecule has 8 heteroatoms. The molecule has 2 heterocycles. The van der Waals surface area contributed by atoms with Gasteiger partial charge in [0, 0.05) is 19.4 Å². The van der Waals surface area contributed by atoms with Gasteiger partial charge in [-0.3, -0.25) is 4.79 Å². The van der Waals surface area contributed by atoms with Gasteiger partial charge < -0.3 is 19.2 Å². The van der Waals surface area contributed by atoms with Crippen LogP contribution in [0.15, 0.2) is 60.9 Å². The van der Waals surface area contributed by atoms with Crippen molar-refractivity contribution in [3.05, 3.63) is 78.1 Å². The van der Waals surface area contributed by atoms with Crippen LogP contribution in [0.1, 0.15) is 23.3 Å². The number of hydrogen-bond donors (Lipinski definition) is 1. The first kappa shape index (κ1) is 21.0. The largest absolute Gasteiger partial charge is 0.497 e. The van der Waals surface area contributed by atoms with Crippen LogP contribution in [0, 0.1) is 0 Å². The minimum absolute atomic E-state index is 0.102. The molecule has 1 N–H and O–H groups in total. The van der Waals surface area contributed by atoms with Crippen LogP contribution >= 0.6 is 11.8 Å². The van der Waals surface area contributed by atoms with Crippen LogP contribution in [0.3, 0.4) is 0 Å². The van der Waals surface area contributed by atoms with Crippen molar-refractivity contribution in [3.63, 3.8) is 0 Å². The Balaban J connectivity index is 1.63. The van der Waals surface area contributed by atoms with Crippen LogP contribution in [0.2, 0.25) is 0 Å². The van der Waals surface area contributed by atoms with Crippen molar-refractivity contribution < 1.29 is 9.53 Å². The van der Waals surface area contributed by atoms with E-state index in [1.807, 2.05) is 77.2 Å². The predicted octanol–water partition coefficient (Wildman–Crippen LogP) is 3.55. The predicted molar refractivity (Wildman–Crippen MR) is 123 cm³/mol. The van der Waals surface area contributed by atoms with Gasteiger partial charge >= 0.3 is 0 Å². The van der Waals surface area contributed by atoms with E-state index in [0.29, 0.717) is 0 Å². The molecule has 0 fully saturated rings. The van der Waals surface area contributed by atoms with E-state index in [2.05, 4.69) is 10.3 Å². The van der Waals surface area contributed by atoms with E-state index in [0.717, 1.165) is 39.7 Å². The maximum atomic E-state index is 13.2. The van der Waals surface area contributed by atoms with E-state index in [9.17, 15) is 4.79 Å². The number of fused-ring (bicyclic) bond motifs is 1. The number of carbonyl (C=O) groups excluding carboxylic acids is 1. The number of aryl methyl sites for hydroxylation is 1. The average molecular weight is 436 g/mol. The lowest BCUT2D eigenvalue weighted by Gasteiger charge is -2.20. The number of imidazole rings is 2. The van der Waals surface area contributed by atoms with E-state index in [1.165, 1.54) is 0 Å². The number of nitrogens with zero attached hydrogens (tertiary/aromatic N) is 4. The second kappa shape index (κ2) is 9.26. The Bertz CT molecular complexity index is 1180. The fourth-order valence-corrected chi connectivity index (χ4v) is 4.12. The van der Waals surface area contributed by atoms with Gasteiger partial charge in [0.2, 0.25) is 5.91 Å². The summed E-state index contributed by atoms with van der Waals surface area (Å²) in [5.41, 5.74) is 2.79. The van der Waals surface area contributed by atoms with E-state index >= 15 is 0 Å². The Morgan fingerprint density at radius 1 is 1.19 bits per heavy atom. The van der Waals surface area contributed by atoms with Crippen molar-refractivity contribution >= 4 is 28.7 Å². The van der Waals surface area contributed by atoms with Gasteiger partial charge in [-0.1, -0.05) is 24.3 Å². The van der Waals surface area contributed by atoms with Crippen molar-refractivity contribution in [2.45, 2.75) is 18.3 Å². The third-order valence-corrected chi connectivity index (χ3v) is 5.73. The molecule has 0 aliphatic rings. The van der Waals surface area contributed by atoms with E-state index in [1.54, 1.807) is 25.1 Å². The molecular formula is C23H25N5O2S. The topological polar surface area (TPSA) is 74.0 Å². The van der Waals surface area contributed by atoms with Crippen molar-refractivity contribution in [3.8, 4) is 5.75 Å². The number of rotatable bonds is 8. The molecule has 4 rings (SSSR count). The van der Waals surface area contributed by atoms with Gasteiger partial charge in [-0.25, -0.2) is 9.97 Å². The lowest BCUT2D eigenvalue weighted by molar-refractivity contribution is -0.122. The number of ether oxygens (including phenoxy) is 1. The Labute approximate surface area is 185 Å². The Hall–Kier alpha value is -3.26. The molecule has 2 aromatic heterocycles. The van der Waals surface area contributed by atoms with Crippen LogP contribution in [-0.2, 0) is 24.1 Å². The lowest BCUT2D eigenvalue weighted by Crippen LogP contribution is -2.34. The van der Waals surface area contributed by atoms with E-state index < -0.39 is 0 Å². The molecule has 4 aromatic rings. The number of amides is 1. The highest BCUT2D eigenvalue weighted by atomic mass is 32.2. The highest BCUT2D eigenvalue weighted by Gasteiger charge is 2.22. The van der Waals surface area contributed by atoms with Gasteiger partial charge in [0.05, 0.1) is 23.9 Å². The van der Waals surface area contributed by atoms with Gasteiger partial charge in [0.1, 0.15) is 30.0 Å². The van der Waals surface area contributed by atoms with Crippen molar-refractivity contribution in [1.29, 1.82) is 0 Å². The molecule has 31 heavy (non-hydrogen) atoms. The Morgan fingerprint density at radius 3 is 2.65 bits per heavy atom. The number of methoxy groups -OCH3 is 1. The highest BCUT2D eigenvalue weighted by Crippen LogP contribution is 2.24. The lowest BCUT2D eigenvalue weighted by atomic mass is 10.1. The number of benzene rings is 2. The summed E-state index contributed by atoms with van der Waals surface area (Å²) in [6, 6.07) is 15.2. The standard InChI is InChI=1S/C23H25N5O2S/c1-27-13-12-24-23(27)22(16-8-10-17(30-2)11-9-16)26-21(29)14-28-19-7-5-4-6-18(19)25-20(28)15-31-3/h4-13,22H,14-15H2,1-3H3,(H,26,29)/t22-/m0/s1. The molecular weight excluding hydrogens is 410 g/mol. The number of para-hydroxylation sites is 2. The summed E-state index contributed by atoms with van der Waals surface area (Å²) in [5.74, 6) is 3.05. The minimum atomic E-state index is -0.378. The zero-order chi connectivity index (χ0) is 21.8. The van der Waals surface area contributed by atoms with E-state index in [4.69, 9.17) is 9.72 Å². The van der Waals surface area contributed by atoms with Crippen molar-refractivity contribution in [2.24, 2.45) is 7.05 Å². The molecule has 0 aliphatic heterocycles. The second-order valence-corrected chi connectivity index (χ2v) is 8.07. The molecule has 0 radical (unpaired) electrons. The van der Waals surface area contributed by atoms with Gasteiger partial charge in [-0.15, -0.1) is 0 Å². The maximum Gasteiger partial charge on any atom is 0.240 e. The summed E-state index contributed by atoms with van der Waals surface area (Å²) in [4.78, 5) is 22.4. The molecule has 0 saturated carbocycles. The first-order valence-electron chi connectivity index (χ1n) is 9.94. The zero-order valence-corrected chi connectivity index (χ0v) is 18.6. The summed E-state index contributed by atoms with van der Waals surface area (Å²) >= 11 is 1.69. The van der Waals surface area contributed by atoms with Crippen molar-refractivity contribution in [2.75, 3.05) is 13.4 Å². The number of carbonyl (C=O) groups is 1. The smallest absolute Gasteiger partial charge is 0.240 e. The monoisotopic (exact) mass is 435 g/mol. The fraction of sp³-hybridized carbons (Fsp3) is 0.261. The van der Waals surface area contributed by atoms with Crippen LogP contribution in [-0.4, -0.2) is 38.4 Å². The van der Waals surface area contributed by atoms with Gasteiger partial charge in [0.15, 0.2) is 0 Å².